The molecular formula is C81H73BN4S. The molecule has 426 valence electrons. The number of rotatable bonds is 7. The number of anilines is 9. The van der Waals surface area contributed by atoms with Crippen LogP contribution in [0, 0.1) is 20.8 Å². The van der Waals surface area contributed by atoms with E-state index in [1.165, 1.54) is 131 Å². The van der Waals surface area contributed by atoms with Crippen molar-refractivity contribution in [1.29, 1.82) is 0 Å². The third-order valence-electron chi connectivity index (χ3n) is 18.7. The summed E-state index contributed by atoms with van der Waals surface area (Å²) in [5.74, 6) is 0. The minimum atomic E-state index is -0.0836. The van der Waals surface area contributed by atoms with E-state index in [9.17, 15) is 0 Å². The highest BCUT2D eigenvalue weighted by Crippen LogP contribution is 2.50. The molecule has 0 spiro atoms. The number of hydrogen-bond donors (Lipinski definition) is 0. The number of nitrogens with zero attached hydrogens (tertiary/aromatic N) is 4. The van der Waals surface area contributed by atoms with Crippen LogP contribution in [0.3, 0.4) is 0 Å². The van der Waals surface area contributed by atoms with Crippen molar-refractivity contribution in [1.82, 2.24) is 4.57 Å². The monoisotopic (exact) mass is 1140 g/mol. The van der Waals surface area contributed by atoms with Gasteiger partial charge < -0.3 is 19.3 Å². The summed E-state index contributed by atoms with van der Waals surface area (Å²) in [7, 11) is 0. The summed E-state index contributed by atoms with van der Waals surface area (Å²) in [4.78, 5) is 7.69. The van der Waals surface area contributed by atoms with E-state index in [1.807, 2.05) is 11.3 Å². The maximum Gasteiger partial charge on any atom is 0.252 e. The van der Waals surface area contributed by atoms with Crippen molar-refractivity contribution in [3.8, 4) is 16.8 Å². The second-order valence-corrected chi connectivity index (χ2v) is 28.7. The molecule has 0 unspecified atom stereocenters. The van der Waals surface area contributed by atoms with Gasteiger partial charge in [0.1, 0.15) is 0 Å². The molecule has 15 rings (SSSR count). The number of aromatic nitrogens is 1. The first-order valence-electron chi connectivity index (χ1n) is 30.9. The first kappa shape index (κ1) is 54.6. The zero-order valence-electron chi connectivity index (χ0n) is 52.1. The summed E-state index contributed by atoms with van der Waals surface area (Å²) in [6.45, 7) is 27.7. The summed E-state index contributed by atoms with van der Waals surface area (Å²) >= 11 is 1.91. The van der Waals surface area contributed by atoms with Gasteiger partial charge in [-0.15, -0.1) is 11.3 Å². The highest BCUT2D eigenvalue weighted by atomic mass is 32.1. The fourth-order valence-electron chi connectivity index (χ4n) is 14.3. The molecule has 11 aromatic carbocycles. The Hall–Kier alpha value is -9.10. The van der Waals surface area contributed by atoms with Crippen LogP contribution in [0.5, 0.6) is 0 Å². The lowest BCUT2D eigenvalue weighted by Gasteiger charge is -2.45. The SMILES string of the molecule is Cc1cc2c3c(c1)N(c1cc(C)c(-c4cccc5c4sc4ccccc45)c(C)c1)c1cc(C(C)(C)C)ccc1B3c1ccc(N(c3ccc(C(C)(C)C)cc3)c3ccc4c5ccccc5n(-c5ccccc5)c4c3)cc1N2c1ccc(C(C)(C)C)cc1. The van der Waals surface area contributed by atoms with Crippen molar-refractivity contribution >= 4 is 128 Å². The van der Waals surface area contributed by atoms with Crippen molar-refractivity contribution < 1.29 is 0 Å². The van der Waals surface area contributed by atoms with Crippen LogP contribution in [0.4, 0.5) is 51.2 Å². The quantitative estimate of drug-likeness (QED) is 0.148. The van der Waals surface area contributed by atoms with Gasteiger partial charge in [0.25, 0.3) is 6.71 Å². The minimum absolute atomic E-state index is 0.00599. The molecule has 0 atom stereocenters. The fourth-order valence-corrected chi connectivity index (χ4v) is 15.6. The Kier molecular flexibility index (Phi) is 12.5. The molecule has 0 radical (unpaired) electrons. The average Bonchev–Trinajstić information content (AvgIpc) is 1.18. The van der Waals surface area contributed by atoms with Crippen molar-refractivity contribution in [2.45, 2.75) is 99.3 Å². The number of fused-ring (bicyclic) bond motifs is 10. The van der Waals surface area contributed by atoms with Crippen molar-refractivity contribution in [2.24, 2.45) is 0 Å². The van der Waals surface area contributed by atoms with E-state index >= 15 is 0 Å². The number of thiophene rings is 1. The third-order valence-corrected chi connectivity index (χ3v) is 19.9. The molecule has 0 bridgehead atoms. The van der Waals surface area contributed by atoms with E-state index in [0.29, 0.717) is 0 Å². The largest absolute Gasteiger partial charge is 0.311 e. The second kappa shape index (κ2) is 20.0. The average molecular weight is 1150 g/mol. The molecule has 4 heterocycles. The van der Waals surface area contributed by atoms with Crippen LogP contribution in [-0.2, 0) is 16.2 Å². The van der Waals surface area contributed by atoms with Crippen LogP contribution >= 0.6 is 11.3 Å². The predicted octanol–water partition coefficient (Wildman–Crippen LogP) is 21.2. The first-order chi connectivity index (χ1) is 41.8. The summed E-state index contributed by atoms with van der Waals surface area (Å²) in [6.07, 6.45) is 0. The van der Waals surface area contributed by atoms with Crippen molar-refractivity contribution in [2.75, 3.05) is 14.7 Å². The third kappa shape index (κ3) is 8.92. The molecule has 6 heteroatoms. The molecule has 4 nitrogen and oxygen atoms in total. The van der Waals surface area contributed by atoms with Gasteiger partial charge in [-0.3, -0.25) is 0 Å². The highest BCUT2D eigenvalue weighted by Gasteiger charge is 2.44. The Balaban J connectivity index is 0.964. The molecule has 0 saturated carbocycles. The Morgan fingerprint density at radius 2 is 0.908 bits per heavy atom. The van der Waals surface area contributed by atoms with E-state index in [4.69, 9.17) is 0 Å². The van der Waals surface area contributed by atoms with E-state index in [-0.39, 0.29) is 23.0 Å². The fraction of sp³-hybridized carbons (Fsp3) is 0.185. The van der Waals surface area contributed by atoms with Crippen LogP contribution < -0.4 is 31.1 Å². The Morgan fingerprint density at radius 1 is 0.379 bits per heavy atom. The van der Waals surface area contributed by atoms with Crippen molar-refractivity contribution in [3.05, 3.63) is 258 Å². The van der Waals surface area contributed by atoms with Crippen LogP contribution in [0.15, 0.2) is 224 Å². The Bertz CT molecular complexity index is 4890. The molecule has 87 heavy (non-hydrogen) atoms. The molecule has 0 N–H and O–H groups in total. The number of para-hydroxylation sites is 2. The predicted molar refractivity (Wildman–Crippen MR) is 378 cm³/mol. The van der Waals surface area contributed by atoms with E-state index in [2.05, 4.69) is 327 Å². The Labute approximate surface area is 517 Å². The summed E-state index contributed by atoms with van der Waals surface area (Å²) in [6, 6.07) is 85.7. The van der Waals surface area contributed by atoms with E-state index in [0.717, 1.165) is 28.4 Å². The van der Waals surface area contributed by atoms with E-state index in [1.54, 1.807) is 0 Å². The molecule has 0 fully saturated rings. The molecule has 13 aromatic rings. The van der Waals surface area contributed by atoms with Gasteiger partial charge in [-0.1, -0.05) is 184 Å². The molecule has 2 aliphatic rings. The molecule has 0 amide bonds. The molecule has 2 aliphatic heterocycles. The zero-order valence-corrected chi connectivity index (χ0v) is 53.0. The van der Waals surface area contributed by atoms with Gasteiger partial charge >= 0.3 is 0 Å². The lowest BCUT2D eigenvalue weighted by atomic mass is 9.33. The molecular weight excluding hydrogens is 1070 g/mol. The smallest absolute Gasteiger partial charge is 0.252 e. The lowest BCUT2D eigenvalue weighted by molar-refractivity contribution is 0.590. The molecule has 0 aliphatic carbocycles. The summed E-state index contributed by atoms with van der Waals surface area (Å²) in [5, 5.41) is 5.12. The molecule has 0 saturated heterocycles. The van der Waals surface area contributed by atoms with Crippen LogP contribution in [-0.4, -0.2) is 11.3 Å². The van der Waals surface area contributed by atoms with Gasteiger partial charge in [0, 0.05) is 93.4 Å². The number of hydrogen-bond acceptors (Lipinski definition) is 4. The van der Waals surface area contributed by atoms with Crippen LogP contribution in [0.2, 0.25) is 0 Å². The van der Waals surface area contributed by atoms with Gasteiger partial charge in [0.05, 0.1) is 11.0 Å². The van der Waals surface area contributed by atoms with Gasteiger partial charge in [0.2, 0.25) is 0 Å². The van der Waals surface area contributed by atoms with Gasteiger partial charge in [-0.2, -0.15) is 0 Å². The number of aryl methyl sites for hydroxylation is 3. The standard InChI is InChI=1S/C81H73BN4S/c1-50-43-73-77-74(44-50)86(61-45-51(2)76(52(3)46-61)66-26-20-25-65-64-24-17-19-28-75(64)87-78(65)66)71-47-55(81(10,11)12)33-41-67(71)82(77)68-42-39-60(49-72(68)85(73)58-36-31-54(32-37-58)80(7,8)9)83(57-34-29-53(30-35-57)79(4,5)6)59-38-40-63-62-23-16-18-27-69(62)84(70(63)48-59)56-21-14-13-15-22-56/h13-49H,1-12H3. The maximum atomic E-state index is 2.62. The Morgan fingerprint density at radius 3 is 1.59 bits per heavy atom. The molecule has 2 aromatic heterocycles. The summed E-state index contributed by atoms with van der Waals surface area (Å²) in [5.41, 5.74) is 28.0. The van der Waals surface area contributed by atoms with Gasteiger partial charge in [-0.25, -0.2) is 0 Å². The van der Waals surface area contributed by atoms with Crippen molar-refractivity contribution in [3.63, 3.8) is 0 Å². The van der Waals surface area contributed by atoms with Crippen LogP contribution in [0.25, 0.3) is 58.8 Å². The maximum absolute atomic E-state index is 2.62. The second-order valence-electron chi connectivity index (χ2n) is 27.6. The lowest BCUT2D eigenvalue weighted by Crippen LogP contribution is -2.61. The zero-order chi connectivity index (χ0) is 60.0. The summed E-state index contributed by atoms with van der Waals surface area (Å²) < 4.78 is 5.10. The topological polar surface area (TPSA) is 14.7 Å². The first-order valence-corrected chi connectivity index (χ1v) is 31.7. The number of benzene rings is 11. The normalized spacial score (nSPS) is 13.2. The van der Waals surface area contributed by atoms with Crippen LogP contribution in [0.1, 0.15) is 95.7 Å². The van der Waals surface area contributed by atoms with E-state index < -0.39 is 0 Å². The highest BCUT2D eigenvalue weighted by molar-refractivity contribution is 7.26. The minimum Gasteiger partial charge on any atom is -0.311 e. The van der Waals surface area contributed by atoms with Gasteiger partial charge in [0.15, 0.2) is 0 Å². The van der Waals surface area contributed by atoms with Gasteiger partial charge in [-0.05, 0) is 195 Å².